The lowest BCUT2D eigenvalue weighted by Crippen LogP contribution is -2.05. The van der Waals surface area contributed by atoms with E-state index >= 15 is 0 Å². The Morgan fingerprint density at radius 1 is 1.17 bits per heavy atom. The second-order valence-electron chi connectivity index (χ2n) is 5.05. The molecule has 0 atom stereocenters. The molecular formula is C19H21FO3. The zero-order chi connectivity index (χ0) is 16.7. The zero-order valence-electron chi connectivity index (χ0n) is 13.2. The van der Waals surface area contributed by atoms with E-state index in [1.807, 2.05) is 13.0 Å². The van der Waals surface area contributed by atoms with E-state index in [1.54, 1.807) is 30.3 Å². The van der Waals surface area contributed by atoms with E-state index in [9.17, 15) is 9.50 Å². The maximum Gasteiger partial charge on any atom is 0.165 e. The molecule has 0 amide bonds. The largest absolute Gasteiger partial charge is 0.490 e. The highest BCUT2D eigenvalue weighted by Crippen LogP contribution is 2.34. The van der Waals surface area contributed by atoms with E-state index < -0.39 is 0 Å². The number of aliphatic hydroxyl groups is 1. The van der Waals surface area contributed by atoms with Crippen molar-refractivity contribution in [3.8, 4) is 11.5 Å². The fourth-order valence-corrected chi connectivity index (χ4v) is 2.31. The van der Waals surface area contributed by atoms with E-state index in [2.05, 4.69) is 6.58 Å². The monoisotopic (exact) mass is 316 g/mol. The minimum absolute atomic E-state index is 0.0855. The van der Waals surface area contributed by atoms with Crippen LogP contribution in [0, 0.1) is 5.82 Å². The molecule has 4 heteroatoms. The number of rotatable bonds is 8. The van der Waals surface area contributed by atoms with E-state index in [0.29, 0.717) is 30.1 Å². The minimum atomic E-state index is -0.303. The van der Waals surface area contributed by atoms with Crippen LogP contribution in [0.2, 0.25) is 0 Å². The van der Waals surface area contributed by atoms with E-state index in [4.69, 9.17) is 9.47 Å². The first-order valence-electron chi connectivity index (χ1n) is 7.56. The molecule has 2 aromatic rings. The predicted molar refractivity (Wildman–Crippen MR) is 88.2 cm³/mol. The Hall–Kier alpha value is -2.33. The molecule has 122 valence electrons. The van der Waals surface area contributed by atoms with Crippen molar-refractivity contribution in [3.05, 3.63) is 71.6 Å². The maximum atomic E-state index is 13.7. The van der Waals surface area contributed by atoms with Crippen molar-refractivity contribution in [2.45, 2.75) is 26.6 Å². The van der Waals surface area contributed by atoms with Gasteiger partial charge in [-0.15, -0.1) is 6.58 Å². The van der Waals surface area contributed by atoms with E-state index in [0.717, 1.165) is 11.1 Å². The van der Waals surface area contributed by atoms with Crippen LogP contribution in [-0.4, -0.2) is 11.7 Å². The number of ether oxygens (including phenoxy) is 2. The van der Waals surface area contributed by atoms with Gasteiger partial charge in [-0.05, 0) is 37.1 Å². The van der Waals surface area contributed by atoms with Crippen molar-refractivity contribution in [1.82, 2.24) is 0 Å². The normalized spacial score (nSPS) is 10.4. The topological polar surface area (TPSA) is 38.7 Å². The van der Waals surface area contributed by atoms with Gasteiger partial charge < -0.3 is 14.6 Å². The number of hydrogen-bond donors (Lipinski definition) is 1. The van der Waals surface area contributed by atoms with Gasteiger partial charge in [0.25, 0.3) is 0 Å². The summed E-state index contributed by atoms with van der Waals surface area (Å²) >= 11 is 0. The molecular weight excluding hydrogens is 295 g/mol. The molecule has 0 unspecified atom stereocenters. The summed E-state index contributed by atoms with van der Waals surface area (Å²) in [5, 5.41) is 9.39. The predicted octanol–water partition coefficient (Wildman–Crippen LogP) is 4.02. The maximum absolute atomic E-state index is 13.7. The van der Waals surface area contributed by atoms with Crippen molar-refractivity contribution >= 4 is 0 Å². The SMILES string of the molecule is C=CCc1cc(CO)cc(OCC)c1OCc1ccccc1F. The molecule has 0 bridgehead atoms. The van der Waals surface area contributed by atoms with Gasteiger partial charge in [0.15, 0.2) is 11.5 Å². The second kappa shape index (κ2) is 8.34. The van der Waals surface area contributed by atoms with Crippen molar-refractivity contribution < 1.29 is 19.0 Å². The van der Waals surface area contributed by atoms with E-state index in [-0.39, 0.29) is 19.0 Å². The highest BCUT2D eigenvalue weighted by Gasteiger charge is 2.14. The minimum Gasteiger partial charge on any atom is -0.490 e. The summed E-state index contributed by atoms with van der Waals surface area (Å²) < 4.78 is 25.2. The summed E-state index contributed by atoms with van der Waals surface area (Å²) in [6.45, 7) is 6.11. The van der Waals surface area contributed by atoms with Crippen LogP contribution in [0.15, 0.2) is 49.1 Å². The summed E-state index contributed by atoms with van der Waals surface area (Å²) in [6.07, 6.45) is 2.32. The Kier molecular flexibility index (Phi) is 6.18. The first-order chi connectivity index (χ1) is 11.2. The Morgan fingerprint density at radius 3 is 2.61 bits per heavy atom. The third-order valence-electron chi connectivity index (χ3n) is 3.37. The molecule has 0 heterocycles. The molecule has 0 aromatic heterocycles. The molecule has 0 saturated carbocycles. The van der Waals surface area contributed by atoms with Crippen LogP contribution in [0.4, 0.5) is 4.39 Å². The molecule has 0 fully saturated rings. The average molecular weight is 316 g/mol. The average Bonchev–Trinajstić information content (AvgIpc) is 2.55. The Bertz CT molecular complexity index is 668. The number of allylic oxidation sites excluding steroid dienone is 1. The van der Waals surface area contributed by atoms with Gasteiger partial charge in [-0.3, -0.25) is 0 Å². The lowest BCUT2D eigenvalue weighted by atomic mass is 10.1. The molecule has 2 rings (SSSR count). The van der Waals surface area contributed by atoms with Crippen molar-refractivity contribution in [2.24, 2.45) is 0 Å². The zero-order valence-corrected chi connectivity index (χ0v) is 13.2. The fourth-order valence-electron chi connectivity index (χ4n) is 2.31. The molecule has 3 nitrogen and oxygen atoms in total. The summed E-state index contributed by atoms with van der Waals surface area (Å²) in [4.78, 5) is 0. The molecule has 2 aromatic carbocycles. The first kappa shape index (κ1) is 17.0. The van der Waals surface area contributed by atoms with Crippen molar-refractivity contribution in [3.63, 3.8) is 0 Å². The van der Waals surface area contributed by atoms with Gasteiger partial charge in [0.1, 0.15) is 12.4 Å². The Morgan fingerprint density at radius 2 is 1.96 bits per heavy atom. The van der Waals surface area contributed by atoms with Gasteiger partial charge in [-0.25, -0.2) is 4.39 Å². The van der Waals surface area contributed by atoms with Gasteiger partial charge in [-0.2, -0.15) is 0 Å². The fraction of sp³-hybridized carbons (Fsp3) is 0.263. The van der Waals surface area contributed by atoms with Gasteiger partial charge in [0.05, 0.1) is 13.2 Å². The third-order valence-corrected chi connectivity index (χ3v) is 3.37. The van der Waals surface area contributed by atoms with Crippen LogP contribution in [-0.2, 0) is 19.6 Å². The highest BCUT2D eigenvalue weighted by molar-refractivity contribution is 5.50. The van der Waals surface area contributed by atoms with Gasteiger partial charge in [0, 0.05) is 11.1 Å². The number of benzene rings is 2. The second-order valence-corrected chi connectivity index (χ2v) is 5.05. The van der Waals surface area contributed by atoms with Crippen molar-refractivity contribution in [2.75, 3.05) is 6.61 Å². The Balaban J connectivity index is 2.33. The van der Waals surface area contributed by atoms with Crippen LogP contribution in [0.3, 0.4) is 0 Å². The molecule has 0 aliphatic heterocycles. The molecule has 0 aliphatic carbocycles. The van der Waals surface area contributed by atoms with Gasteiger partial charge in [-0.1, -0.05) is 24.3 Å². The summed E-state index contributed by atoms with van der Waals surface area (Å²) in [5.41, 5.74) is 2.07. The van der Waals surface area contributed by atoms with Crippen LogP contribution in [0.1, 0.15) is 23.6 Å². The standard InChI is InChI=1S/C19H21FO3/c1-3-7-15-10-14(12-21)11-18(22-4-2)19(15)23-13-16-8-5-6-9-17(16)20/h3,5-6,8-11,21H,1,4,7,12-13H2,2H3. The molecule has 0 aliphatic rings. The van der Waals surface area contributed by atoms with Crippen LogP contribution in [0.25, 0.3) is 0 Å². The smallest absolute Gasteiger partial charge is 0.165 e. The molecule has 1 N–H and O–H groups in total. The number of aliphatic hydroxyl groups excluding tert-OH is 1. The number of hydrogen-bond acceptors (Lipinski definition) is 3. The van der Waals surface area contributed by atoms with Crippen molar-refractivity contribution in [1.29, 1.82) is 0 Å². The summed E-state index contributed by atoms with van der Waals surface area (Å²) in [6, 6.07) is 10.1. The molecule has 0 spiro atoms. The first-order valence-corrected chi connectivity index (χ1v) is 7.56. The number of halogens is 1. The lowest BCUT2D eigenvalue weighted by molar-refractivity contribution is 0.259. The quantitative estimate of drug-likeness (QED) is 0.748. The Labute approximate surface area is 136 Å². The third kappa shape index (κ3) is 4.33. The molecule has 0 saturated heterocycles. The highest BCUT2D eigenvalue weighted by atomic mass is 19.1. The van der Waals surface area contributed by atoms with Crippen LogP contribution < -0.4 is 9.47 Å². The molecule has 0 radical (unpaired) electrons. The summed E-state index contributed by atoms with van der Waals surface area (Å²) in [5.74, 6) is 0.808. The summed E-state index contributed by atoms with van der Waals surface area (Å²) in [7, 11) is 0. The lowest BCUT2D eigenvalue weighted by Gasteiger charge is -2.17. The van der Waals surface area contributed by atoms with Crippen LogP contribution in [0.5, 0.6) is 11.5 Å². The van der Waals surface area contributed by atoms with Gasteiger partial charge in [0.2, 0.25) is 0 Å². The van der Waals surface area contributed by atoms with Gasteiger partial charge >= 0.3 is 0 Å². The molecule has 23 heavy (non-hydrogen) atoms. The van der Waals surface area contributed by atoms with E-state index in [1.165, 1.54) is 6.07 Å². The van der Waals surface area contributed by atoms with Crippen LogP contribution >= 0.6 is 0 Å².